The largest absolute Gasteiger partial charge is 0.393 e. The zero-order valence-electron chi connectivity index (χ0n) is 9.98. The molecule has 1 heteroatoms. The van der Waals surface area contributed by atoms with Crippen molar-refractivity contribution in [2.45, 2.75) is 45.6 Å². The summed E-state index contributed by atoms with van der Waals surface area (Å²) < 4.78 is 0. The van der Waals surface area contributed by atoms with Crippen molar-refractivity contribution in [1.29, 1.82) is 0 Å². The molecule has 0 saturated heterocycles. The van der Waals surface area contributed by atoms with Crippen LogP contribution in [0.4, 0.5) is 0 Å². The standard InChI is InChI=1S/C14H22O/c1-4-11(2)14(15)10-12(3)13-8-6-5-7-9-13/h5-9,11-12,14-15H,4,10H2,1-3H3. The van der Waals surface area contributed by atoms with E-state index in [0.29, 0.717) is 11.8 Å². The number of aliphatic hydroxyl groups is 1. The summed E-state index contributed by atoms with van der Waals surface area (Å²) >= 11 is 0. The van der Waals surface area contributed by atoms with Crippen molar-refractivity contribution >= 4 is 0 Å². The van der Waals surface area contributed by atoms with Gasteiger partial charge >= 0.3 is 0 Å². The lowest BCUT2D eigenvalue weighted by atomic mass is 9.89. The smallest absolute Gasteiger partial charge is 0.0571 e. The van der Waals surface area contributed by atoms with Crippen LogP contribution in [0.3, 0.4) is 0 Å². The highest BCUT2D eigenvalue weighted by atomic mass is 16.3. The highest BCUT2D eigenvalue weighted by molar-refractivity contribution is 5.18. The van der Waals surface area contributed by atoms with Crippen LogP contribution in [0, 0.1) is 5.92 Å². The van der Waals surface area contributed by atoms with Crippen LogP contribution in [0.5, 0.6) is 0 Å². The highest BCUT2D eigenvalue weighted by Crippen LogP contribution is 2.23. The first-order chi connectivity index (χ1) is 7.15. The Kier molecular flexibility index (Phi) is 4.83. The maximum absolute atomic E-state index is 9.95. The summed E-state index contributed by atoms with van der Waals surface area (Å²) in [6, 6.07) is 10.4. The summed E-state index contributed by atoms with van der Waals surface area (Å²) in [7, 11) is 0. The second kappa shape index (κ2) is 5.92. The van der Waals surface area contributed by atoms with Crippen molar-refractivity contribution in [2.75, 3.05) is 0 Å². The average Bonchev–Trinajstić information content (AvgIpc) is 2.29. The molecule has 0 fully saturated rings. The molecule has 0 saturated carbocycles. The summed E-state index contributed by atoms with van der Waals surface area (Å²) in [6.45, 7) is 6.42. The van der Waals surface area contributed by atoms with Gasteiger partial charge in [-0.2, -0.15) is 0 Å². The zero-order valence-corrected chi connectivity index (χ0v) is 9.98. The van der Waals surface area contributed by atoms with E-state index in [9.17, 15) is 5.11 Å². The fraction of sp³-hybridized carbons (Fsp3) is 0.571. The molecule has 1 aromatic carbocycles. The normalized spacial score (nSPS) is 17.1. The van der Waals surface area contributed by atoms with E-state index in [1.165, 1.54) is 5.56 Å². The molecule has 0 aromatic heterocycles. The van der Waals surface area contributed by atoms with E-state index in [4.69, 9.17) is 0 Å². The van der Waals surface area contributed by atoms with Crippen molar-refractivity contribution in [3.05, 3.63) is 35.9 Å². The molecule has 1 rings (SSSR count). The molecule has 15 heavy (non-hydrogen) atoms. The van der Waals surface area contributed by atoms with Crippen LogP contribution in [-0.2, 0) is 0 Å². The molecule has 3 atom stereocenters. The summed E-state index contributed by atoms with van der Waals surface area (Å²) in [6.07, 6.45) is 1.73. The Bertz CT molecular complexity index is 268. The number of rotatable bonds is 5. The van der Waals surface area contributed by atoms with Gasteiger partial charge in [0.05, 0.1) is 6.10 Å². The lowest BCUT2D eigenvalue weighted by Crippen LogP contribution is -2.19. The van der Waals surface area contributed by atoms with E-state index in [1.807, 2.05) is 6.07 Å². The molecular formula is C14H22O. The van der Waals surface area contributed by atoms with Crippen LogP contribution in [0.2, 0.25) is 0 Å². The summed E-state index contributed by atoms with van der Waals surface area (Å²) in [5.41, 5.74) is 1.32. The van der Waals surface area contributed by atoms with E-state index >= 15 is 0 Å². The molecule has 0 radical (unpaired) electrons. The Morgan fingerprint density at radius 1 is 1.13 bits per heavy atom. The predicted octanol–water partition coefficient (Wildman–Crippen LogP) is 3.59. The molecule has 0 aliphatic rings. The Morgan fingerprint density at radius 3 is 2.27 bits per heavy atom. The highest BCUT2D eigenvalue weighted by Gasteiger charge is 2.16. The first-order valence-electron chi connectivity index (χ1n) is 5.88. The third kappa shape index (κ3) is 3.67. The summed E-state index contributed by atoms with van der Waals surface area (Å²) in [5, 5.41) is 9.95. The van der Waals surface area contributed by atoms with E-state index in [1.54, 1.807) is 0 Å². The maximum atomic E-state index is 9.95. The van der Waals surface area contributed by atoms with Gasteiger partial charge in [-0.15, -0.1) is 0 Å². The lowest BCUT2D eigenvalue weighted by molar-refractivity contribution is 0.0994. The van der Waals surface area contributed by atoms with Crippen LogP contribution in [0.15, 0.2) is 30.3 Å². The number of aliphatic hydroxyl groups excluding tert-OH is 1. The van der Waals surface area contributed by atoms with Gasteiger partial charge in [-0.25, -0.2) is 0 Å². The fourth-order valence-corrected chi connectivity index (χ4v) is 1.78. The third-order valence-electron chi connectivity index (χ3n) is 3.26. The van der Waals surface area contributed by atoms with Gasteiger partial charge in [-0.05, 0) is 23.8 Å². The molecule has 1 aromatic rings. The third-order valence-corrected chi connectivity index (χ3v) is 3.26. The molecule has 1 N–H and O–H groups in total. The lowest BCUT2D eigenvalue weighted by Gasteiger charge is -2.21. The van der Waals surface area contributed by atoms with Gasteiger partial charge in [0.2, 0.25) is 0 Å². The Morgan fingerprint density at radius 2 is 1.73 bits per heavy atom. The van der Waals surface area contributed by atoms with Gasteiger partial charge in [-0.1, -0.05) is 57.5 Å². The number of hydrogen-bond acceptors (Lipinski definition) is 1. The molecule has 1 nitrogen and oxygen atoms in total. The van der Waals surface area contributed by atoms with E-state index in [0.717, 1.165) is 12.8 Å². The first kappa shape index (κ1) is 12.3. The Labute approximate surface area is 93.1 Å². The molecule has 0 aliphatic carbocycles. The summed E-state index contributed by atoms with van der Waals surface area (Å²) in [4.78, 5) is 0. The minimum atomic E-state index is -0.176. The van der Waals surface area contributed by atoms with Crippen molar-refractivity contribution in [3.8, 4) is 0 Å². The van der Waals surface area contributed by atoms with Crippen LogP contribution < -0.4 is 0 Å². The number of benzene rings is 1. The second-order valence-electron chi connectivity index (χ2n) is 4.50. The van der Waals surface area contributed by atoms with Crippen LogP contribution >= 0.6 is 0 Å². The van der Waals surface area contributed by atoms with Crippen LogP contribution in [-0.4, -0.2) is 11.2 Å². The quantitative estimate of drug-likeness (QED) is 0.780. The van der Waals surface area contributed by atoms with Crippen LogP contribution in [0.25, 0.3) is 0 Å². The molecule has 0 aliphatic heterocycles. The van der Waals surface area contributed by atoms with Gasteiger partial charge in [0, 0.05) is 0 Å². The van der Waals surface area contributed by atoms with Crippen molar-refractivity contribution in [1.82, 2.24) is 0 Å². The SMILES string of the molecule is CCC(C)C(O)CC(C)c1ccccc1. The minimum absolute atomic E-state index is 0.176. The van der Waals surface area contributed by atoms with Gasteiger partial charge in [0.1, 0.15) is 0 Å². The first-order valence-corrected chi connectivity index (χ1v) is 5.88. The van der Waals surface area contributed by atoms with E-state index < -0.39 is 0 Å². The van der Waals surface area contributed by atoms with Crippen molar-refractivity contribution in [2.24, 2.45) is 5.92 Å². The van der Waals surface area contributed by atoms with Gasteiger partial charge in [0.15, 0.2) is 0 Å². The topological polar surface area (TPSA) is 20.2 Å². The zero-order chi connectivity index (χ0) is 11.3. The molecule has 0 heterocycles. The molecule has 3 unspecified atom stereocenters. The van der Waals surface area contributed by atoms with Gasteiger partial charge in [-0.3, -0.25) is 0 Å². The second-order valence-corrected chi connectivity index (χ2v) is 4.50. The molecular weight excluding hydrogens is 184 g/mol. The fourth-order valence-electron chi connectivity index (χ4n) is 1.78. The average molecular weight is 206 g/mol. The van der Waals surface area contributed by atoms with E-state index in [2.05, 4.69) is 45.0 Å². The minimum Gasteiger partial charge on any atom is -0.393 e. The van der Waals surface area contributed by atoms with Crippen LogP contribution in [0.1, 0.15) is 45.1 Å². The monoisotopic (exact) mass is 206 g/mol. The molecule has 0 amide bonds. The maximum Gasteiger partial charge on any atom is 0.0571 e. The van der Waals surface area contributed by atoms with Crippen molar-refractivity contribution < 1.29 is 5.11 Å². The Hall–Kier alpha value is -0.820. The van der Waals surface area contributed by atoms with Crippen molar-refractivity contribution in [3.63, 3.8) is 0 Å². The van der Waals surface area contributed by atoms with Gasteiger partial charge < -0.3 is 5.11 Å². The summed E-state index contributed by atoms with van der Waals surface area (Å²) in [5.74, 6) is 0.839. The number of hydrogen-bond donors (Lipinski definition) is 1. The molecule has 0 spiro atoms. The van der Waals surface area contributed by atoms with E-state index in [-0.39, 0.29) is 6.10 Å². The van der Waals surface area contributed by atoms with Gasteiger partial charge in [0.25, 0.3) is 0 Å². The predicted molar refractivity (Wildman–Crippen MR) is 64.9 cm³/mol. The molecule has 84 valence electrons. The molecule has 0 bridgehead atoms. The Balaban J connectivity index is 2.52.